The molecule has 3 atom stereocenters. The molecule has 0 aliphatic rings. The zero-order chi connectivity index (χ0) is 25.2. The fraction of sp³-hybridized carbons (Fsp3) is 0.818. The van der Waals surface area contributed by atoms with Gasteiger partial charge in [0.2, 0.25) is 5.60 Å². The molecule has 6 N–H and O–H groups in total. The van der Waals surface area contributed by atoms with E-state index in [1.165, 1.54) is 51.4 Å². The van der Waals surface area contributed by atoms with E-state index in [-0.39, 0.29) is 5.92 Å². The highest BCUT2D eigenvalue weighted by molar-refractivity contribution is 5.90. The Balaban J connectivity index is 0. The number of hydrogen-bond donors (Lipinski definition) is 6. The van der Waals surface area contributed by atoms with E-state index in [1.807, 2.05) is 0 Å². The van der Waals surface area contributed by atoms with E-state index in [9.17, 15) is 24.3 Å². The lowest BCUT2D eigenvalue weighted by atomic mass is 9.93. The summed E-state index contributed by atoms with van der Waals surface area (Å²) in [6.45, 7) is 4.40. The highest BCUT2D eigenvalue weighted by Gasteiger charge is 2.49. The van der Waals surface area contributed by atoms with Gasteiger partial charge in [-0.05, 0) is 12.8 Å². The van der Waals surface area contributed by atoms with Crippen LogP contribution in [0.1, 0.15) is 97.3 Å². The summed E-state index contributed by atoms with van der Waals surface area (Å²) in [7, 11) is 0. The second-order valence-electron chi connectivity index (χ2n) is 7.98. The Kier molecular flexibility index (Phi) is 18.4. The summed E-state index contributed by atoms with van der Waals surface area (Å²) in [4.78, 5) is 41.8. The number of rotatable bonds is 18. The molecule has 0 radical (unpaired) electrons. The van der Waals surface area contributed by atoms with Crippen LogP contribution in [0.4, 0.5) is 0 Å². The highest BCUT2D eigenvalue weighted by Crippen LogP contribution is 2.19. The average Bonchev–Trinajstić information content (AvgIpc) is 2.70. The van der Waals surface area contributed by atoms with Gasteiger partial charge >= 0.3 is 23.9 Å². The first-order valence-corrected chi connectivity index (χ1v) is 11.2. The number of carboxylic acid groups (broad SMARTS) is 4. The first kappa shape index (κ1) is 32.0. The lowest BCUT2D eigenvalue weighted by Crippen LogP contribution is -2.54. The van der Waals surface area contributed by atoms with Crippen molar-refractivity contribution in [1.82, 2.24) is 0 Å². The molecule has 0 aromatic heterocycles. The molecule has 0 aromatic rings. The minimum absolute atomic E-state index is 0.0898. The van der Waals surface area contributed by atoms with Crippen molar-refractivity contribution in [3.8, 4) is 0 Å². The van der Waals surface area contributed by atoms with Crippen LogP contribution in [-0.2, 0) is 19.2 Å². The van der Waals surface area contributed by atoms with Gasteiger partial charge in [-0.1, -0.05) is 78.1 Å². The molecular weight excluding hydrogens is 424 g/mol. The van der Waals surface area contributed by atoms with Crippen LogP contribution >= 0.6 is 0 Å². The quantitative estimate of drug-likeness (QED) is 0.164. The molecule has 0 heterocycles. The van der Waals surface area contributed by atoms with Gasteiger partial charge in [0.05, 0.1) is 12.3 Å². The molecule has 10 nitrogen and oxygen atoms in total. The second-order valence-corrected chi connectivity index (χ2v) is 7.98. The van der Waals surface area contributed by atoms with Gasteiger partial charge in [0.1, 0.15) is 0 Å². The first-order valence-electron chi connectivity index (χ1n) is 11.2. The van der Waals surface area contributed by atoms with Crippen molar-refractivity contribution in [1.29, 1.82) is 0 Å². The fourth-order valence-corrected chi connectivity index (χ4v) is 3.10. The van der Waals surface area contributed by atoms with Crippen molar-refractivity contribution in [2.45, 2.75) is 109 Å². The predicted molar refractivity (Wildman–Crippen MR) is 116 cm³/mol. The third-order valence-corrected chi connectivity index (χ3v) is 5.14. The zero-order valence-electron chi connectivity index (χ0n) is 19.2. The topological polar surface area (TPSA) is 190 Å². The van der Waals surface area contributed by atoms with Crippen molar-refractivity contribution < 1.29 is 49.8 Å². The summed E-state index contributed by atoms with van der Waals surface area (Å²) in [6, 6.07) is 0. The van der Waals surface area contributed by atoms with E-state index >= 15 is 0 Å². The fourth-order valence-electron chi connectivity index (χ4n) is 3.10. The molecule has 0 bridgehead atoms. The Morgan fingerprint density at radius 2 is 1.09 bits per heavy atom. The smallest absolute Gasteiger partial charge is 0.339 e. The van der Waals surface area contributed by atoms with Crippen molar-refractivity contribution in [2.24, 2.45) is 5.92 Å². The van der Waals surface area contributed by atoms with E-state index in [2.05, 4.69) is 13.8 Å². The molecule has 3 unspecified atom stereocenters. The molecule has 0 aliphatic carbocycles. The van der Waals surface area contributed by atoms with E-state index in [0.29, 0.717) is 0 Å². The van der Waals surface area contributed by atoms with Gasteiger partial charge in [0.15, 0.2) is 6.10 Å². The maximum absolute atomic E-state index is 11.1. The summed E-state index contributed by atoms with van der Waals surface area (Å²) in [5, 5.41) is 51.8. The van der Waals surface area contributed by atoms with Gasteiger partial charge < -0.3 is 30.6 Å². The molecule has 0 amide bonds. The number of aliphatic hydroxyl groups is 2. The predicted octanol–water partition coefficient (Wildman–Crippen LogP) is 3.13. The standard InChI is InChI=1S/C16H32O2.C6H8O8/c1-3-5-7-9-10-12-14-15(16(17)18)13-11-8-6-4-2;7-2(8)1-6(14,5(12)13)3(9)4(10)11/h15H,3-14H2,1-2H3,(H,17,18);3,9,14H,1H2,(H,7,8)(H,10,11)(H,12,13). The van der Waals surface area contributed by atoms with Crippen LogP contribution in [0.3, 0.4) is 0 Å². The van der Waals surface area contributed by atoms with E-state index in [1.54, 1.807) is 0 Å². The zero-order valence-corrected chi connectivity index (χ0v) is 19.2. The number of aliphatic hydroxyl groups excluding tert-OH is 1. The SMILES string of the molecule is CCCCCCCCC(CCCCCC)C(=O)O.O=C(O)CC(O)(C(=O)O)C(O)C(=O)O. The van der Waals surface area contributed by atoms with Crippen LogP contribution in [0, 0.1) is 5.92 Å². The molecular formula is C22H40O10. The summed E-state index contributed by atoms with van der Waals surface area (Å²) in [5.41, 5.74) is -3.22. The third kappa shape index (κ3) is 14.7. The highest BCUT2D eigenvalue weighted by atomic mass is 16.4. The first-order chi connectivity index (χ1) is 14.9. The normalized spacial score (nSPS) is 14.4. The molecule has 188 valence electrons. The van der Waals surface area contributed by atoms with E-state index in [0.717, 1.165) is 25.7 Å². The Hall–Kier alpha value is -2.20. The van der Waals surface area contributed by atoms with Gasteiger partial charge in [-0.15, -0.1) is 0 Å². The summed E-state index contributed by atoms with van der Waals surface area (Å²) in [5.74, 6) is -6.55. The van der Waals surface area contributed by atoms with Gasteiger partial charge in [0, 0.05) is 0 Å². The van der Waals surface area contributed by atoms with Crippen LogP contribution in [0.2, 0.25) is 0 Å². The van der Waals surface area contributed by atoms with Crippen molar-refractivity contribution in [3.63, 3.8) is 0 Å². The van der Waals surface area contributed by atoms with E-state index in [4.69, 9.17) is 25.5 Å². The Morgan fingerprint density at radius 3 is 1.44 bits per heavy atom. The molecule has 0 aromatic carbocycles. The second kappa shape index (κ2) is 18.4. The van der Waals surface area contributed by atoms with Gasteiger partial charge in [0.25, 0.3) is 0 Å². The third-order valence-electron chi connectivity index (χ3n) is 5.14. The van der Waals surface area contributed by atoms with Crippen LogP contribution in [-0.4, -0.2) is 66.2 Å². The van der Waals surface area contributed by atoms with Crippen molar-refractivity contribution in [2.75, 3.05) is 0 Å². The number of hydrogen-bond acceptors (Lipinski definition) is 6. The minimum Gasteiger partial charge on any atom is -0.481 e. The lowest BCUT2D eigenvalue weighted by molar-refractivity contribution is -0.187. The lowest BCUT2D eigenvalue weighted by Gasteiger charge is -2.23. The summed E-state index contributed by atoms with van der Waals surface area (Å²) < 4.78 is 0. The molecule has 0 saturated heterocycles. The maximum atomic E-state index is 11.1. The number of carboxylic acids is 4. The molecule has 0 saturated carbocycles. The molecule has 10 heteroatoms. The molecule has 0 spiro atoms. The summed E-state index contributed by atoms with van der Waals surface area (Å²) >= 11 is 0. The van der Waals surface area contributed by atoms with Crippen LogP contribution < -0.4 is 0 Å². The number of carbonyl (C=O) groups is 4. The molecule has 0 rings (SSSR count). The Labute approximate surface area is 189 Å². The largest absolute Gasteiger partial charge is 0.481 e. The number of aliphatic carboxylic acids is 4. The maximum Gasteiger partial charge on any atom is 0.339 e. The number of unbranched alkanes of at least 4 members (excludes halogenated alkanes) is 8. The van der Waals surface area contributed by atoms with Gasteiger partial charge in [-0.3, -0.25) is 9.59 Å². The molecule has 32 heavy (non-hydrogen) atoms. The van der Waals surface area contributed by atoms with Crippen molar-refractivity contribution in [3.05, 3.63) is 0 Å². The van der Waals surface area contributed by atoms with Gasteiger partial charge in [-0.2, -0.15) is 0 Å². The van der Waals surface area contributed by atoms with E-state index < -0.39 is 42.0 Å². The molecule has 0 fully saturated rings. The molecule has 0 aliphatic heterocycles. The van der Waals surface area contributed by atoms with Crippen LogP contribution in [0.15, 0.2) is 0 Å². The van der Waals surface area contributed by atoms with Crippen molar-refractivity contribution >= 4 is 23.9 Å². The summed E-state index contributed by atoms with van der Waals surface area (Å²) in [6.07, 6.45) is 9.86. The Bertz CT molecular complexity index is 563. The van der Waals surface area contributed by atoms with Crippen LogP contribution in [0.25, 0.3) is 0 Å². The monoisotopic (exact) mass is 464 g/mol. The Morgan fingerprint density at radius 1 is 0.688 bits per heavy atom. The van der Waals surface area contributed by atoms with Crippen LogP contribution in [0.5, 0.6) is 0 Å². The van der Waals surface area contributed by atoms with Gasteiger partial charge in [-0.25, -0.2) is 9.59 Å². The minimum atomic E-state index is -3.22. The average molecular weight is 465 g/mol.